The van der Waals surface area contributed by atoms with Crippen LogP contribution in [-0.4, -0.2) is 35.3 Å². The lowest BCUT2D eigenvalue weighted by Crippen LogP contribution is -2.48. The van der Waals surface area contributed by atoms with Gasteiger partial charge in [0.1, 0.15) is 6.61 Å². The number of nitrogens with zero attached hydrogens (tertiary/aromatic N) is 1. The quantitative estimate of drug-likeness (QED) is 0.327. The Morgan fingerprint density at radius 3 is 1.97 bits per heavy atom. The van der Waals surface area contributed by atoms with E-state index in [1.807, 2.05) is 75.4 Å². The summed E-state index contributed by atoms with van der Waals surface area (Å²) in [5, 5.41) is 2.04. The fourth-order valence-electron chi connectivity index (χ4n) is 3.58. The van der Waals surface area contributed by atoms with Gasteiger partial charge >= 0.3 is 0 Å². The molecule has 1 aliphatic heterocycles. The van der Waals surface area contributed by atoms with Crippen molar-refractivity contribution in [3.05, 3.63) is 82.9 Å². The van der Waals surface area contributed by atoms with E-state index in [4.69, 9.17) is 27.9 Å². The van der Waals surface area contributed by atoms with Crippen LogP contribution in [0.1, 0.15) is 58.1 Å². The molecule has 182 valence electrons. The number of carbonyl (C=O) groups is 1. The van der Waals surface area contributed by atoms with Gasteiger partial charge in [-0.25, -0.2) is 0 Å². The van der Waals surface area contributed by atoms with Crippen LogP contribution in [0.5, 0.6) is 0 Å². The molecular weight excluding hydrogens is 473 g/mol. The van der Waals surface area contributed by atoms with Crippen molar-refractivity contribution in [2.75, 3.05) is 13.2 Å². The van der Waals surface area contributed by atoms with Gasteiger partial charge in [0.25, 0.3) is 0 Å². The molecule has 1 atom stereocenters. The van der Waals surface area contributed by atoms with Crippen LogP contribution in [0.2, 0.25) is 10.0 Å². The fraction of sp³-hybridized carbons (Fsp3) is 0.444. The van der Waals surface area contributed by atoms with Crippen molar-refractivity contribution in [1.82, 2.24) is 4.90 Å². The number of allylic oxidation sites excluding steroid dienone is 1. The maximum atomic E-state index is 12.2. The van der Waals surface area contributed by atoms with Crippen LogP contribution in [-0.2, 0) is 9.53 Å². The Labute approximate surface area is 215 Å². The number of amides is 1. The molecule has 1 aliphatic carbocycles. The molecule has 0 N–H and O–H groups in total. The van der Waals surface area contributed by atoms with Gasteiger partial charge in [0.15, 0.2) is 0 Å². The van der Waals surface area contributed by atoms with E-state index in [9.17, 15) is 4.79 Å². The van der Waals surface area contributed by atoms with Gasteiger partial charge in [-0.05, 0) is 54.8 Å². The standard InChI is InChI=1S/C15H18ClNO2.C6H5Cl.C3H8S.C3H6/c16-12-7-5-11(6-8-12)14-9-19-10-15(18)17(14)13-3-1-2-4-13;7-6-4-2-1-3-5-6;1-3(2)4;1-3-2/h5-8,13-14H,1-4,9-10H2;1-5H;3-4H,1-2H3;3H,1H2,2H3. The number of halogens is 2. The Bertz CT molecular complexity index is 791. The number of carbonyl (C=O) groups excluding carboxylic acids is 1. The van der Waals surface area contributed by atoms with Crippen molar-refractivity contribution in [3.63, 3.8) is 0 Å². The molecule has 33 heavy (non-hydrogen) atoms. The maximum absolute atomic E-state index is 12.2. The normalized spacial score (nSPS) is 17.7. The second-order valence-corrected chi connectivity index (χ2v) is 10.0. The topological polar surface area (TPSA) is 29.5 Å². The third-order valence-electron chi connectivity index (χ3n) is 4.83. The van der Waals surface area contributed by atoms with E-state index in [1.54, 1.807) is 6.08 Å². The molecule has 2 aromatic rings. The zero-order chi connectivity index (χ0) is 24.6. The van der Waals surface area contributed by atoms with Crippen LogP contribution in [0, 0.1) is 0 Å². The average Bonchev–Trinajstić information content (AvgIpc) is 3.30. The van der Waals surface area contributed by atoms with Gasteiger partial charge < -0.3 is 9.64 Å². The van der Waals surface area contributed by atoms with Crippen molar-refractivity contribution in [2.45, 2.75) is 63.8 Å². The molecule has 2 aromatic carbocycles. The number of rotatable bonds is 2. The molecule has 1 unspecified atom stereocenters. The Hall–Kier alpha value is -1.46. The molecule has 0 aromatic heterocycles. The lowest BCUT2D eigenvalue weighted by Gasteiger charge is -2.40. The van der Waals surface area contributed by atoms with Crippen LogP contribution >= 0.6 is 35.8 Å². The zero-order valence-electron chi connectivity index (χ0n) is 19.9. The molecule has 4 rings (SSSR count). The lowest BCUT2D eigenvalue weighted by molar-refractivity contribution is -0.152. The summed E-state index contributed by atoms with van der Waals surface area (Å²) in [5.41, 5.74) is 1.12. The van der Waals surface area contributed by atoms with Gasteiger partial charge in [0, 0.05) is 16.1 Å². The molecule has 1 amide bonds. The van der Waals surface area contributed by atoms with Crippen molar-refractivity contribution in [3.8, 4) is 0 Å². The first-order chi connectivity index (χ1) is 15.8. The summed E-state index contributed by atoms with van der Waals surface area (Å²) in [7, 11) is 0. The first-order valence-electron chi connectivity index (χ1n) is 11.4. The molecule has 1 saturated carbocycles. The van der Waals surface area contributed by atoms with Gasteiger partial charge in [-0.15, -0.1) is 6.58 Å². The summed E-state index contributed by atoms with van der Waals surface area (Å²) < 4.78 is 5.44. The van der Waals surface area contributed by atoms with Crippen molar-refractivity contribution >= 4 is 41.7 Å². The Morgan fingerprint density at radius 2 is 1.52 bits per heavy atom. The smallest absolute Gasteiger partial charge is 0.249 e. The van der Waals surface area contributed by atoms with E-state index in [2.05, 4.69) is 24.1 Å². The molecule has 2 aliphatic rings. The molecule has 0 spiro atoms. The van der Waals surface area contributed by atoms with Crippen molar-refractivity contribution < 1.29 is 9.53 Å². The highest BCUT2D eigenvalue weighted by Gasteiger charge is 2.36. The second kappa shape index (κ2) is 17.0. The van der Waals surface area contributed by atoms with Gasteiger partial charge in [-0.1, -0.05) is 86.3 Å². The average molecular weight is 511 g/mol. The zero-order valence-corrected chi connectivity index (χ0v) is 22.3. The molecule has 3 nitrogen and oxygen atoms in total. The highest BCUT2D eigenvalue weighted by molar-refractivity contribution is 7.80. The molecule has 0 bridgehead atoms. The molecule has 0 radical (unpaired) electrons. The first kappa shape index (κ1) is 29.6. The summed E-state index contributed by atoms with van der Waals surface area (Å²) in [5.74, 6) is 0.123. The number of thiol groups is 1. The van der Waals surface area contributed by atoms with Gasteiger partial charge in [0.2, 0.25) is 5.91 Å². The Kier molecular flexibility index (Phi) is 15.3. The lowest BCUT2D eigenvalue weighted by atomic mass is 10.0. The Balaban J connectivity index is 0.000000320. The van der Waals surface area contributed by atoms with Gasteiger partial charge in [0.05, 0.1) is 12.6 Å². The van der Waals surface area contributed by atoms with Crippen LogP contribution in [0.25, 0.3) is 0 Å². The summed E-state index contributed by atoms with van der Waals surface area (Å²) in [6, 6.07) is 17.6. The fourth-order valence-corrected chi connectivity index (χ4v) is 3.85. The third-order valence-corrected chi connectivity index (χ3v) is 5.33. The number of hydrogen-bond acceptors (Lipinski definition) is 3. The number of benzene rings is 2. The van der Waals surface area contributed by atoms with Crippen LogP contribution in [0.4, 0.5) is 0 Å². The molecule has 6 heteroatoms. The SMILES string of the molecule is C=CC.CC(C)S.Clc1ccccc1.O=C1COCC(c2ccc(Cl)cc2)N1C1CCCC1. The minimum Gasteiger partial charge on any atom is -0.369 e. The monoisotopic (exact) mass is 509 g/mol. The van der Waals surface area contributed by atoms with Crippen molar-refractivity contribution in [2.24, 2.45) is 0 Å². The minimum atomic E-state index is 0.0432. The maximum Gasteiger partial charge on any atom is 0.249 e. The summed E-state index contributed by atoms with van der Waals surface area (Å²) in [6.45, 7) is 10.1. The second-order valence-electron chi connectivity index (χ2n) is 8.12. The number of hydrogen-bond donors (Lipinski definition) is 1. The van der Waals surface area contributed by atoms with E-state index >= 15 is 0 Å². The predicted molar refractivity (Wildman–Crippen MR) is 146 cm³/mol. The summed E-state index contributed by atoms with van der Waals surface area (Å²) in [6.07, 6.45) is 6.44. The first-order valence-corrected chi connectivity index (χ1v) is 12.7. The van der Waals surface area contributed by atoms with Gasteiger partial charge in [-0.3, -0.25) is 4.79 Å². The van der Waals surface area contributed by atoms with Crippen molar-refractivity contribution in [1.29, 1.82) is 0 Å². The molecular formula is C27H37Cl2NO2S. The van der Waals surface area contributed by atoms with Crippen LogP contribution in [0.15, 0.2) is 67.3 Å². The number of ether oxygens (including phenoxy) is 1. The van der Waals surface area contributed by atoms with Crippen LogP contribution < -0.4 is 0 Å². The summed E-state index contributed by atoms with van der Waals surface area (Å²) >= 11 is 15.4. The molecule has 1 saturated heterocycles. The number of morpholine rings is 1. The van der Waals surface area contributed by atoms with E-state index in [1.165, 1.54) is 12.8 Å². The van der Waals surface area contributed by atoms with E-state index in [0.717, 1.165) is 28.5 Å². The van der Waals surface area contributed by atoms with Gasteiger partial charge in [-0.2, -0.15) is 12.6 Å². The molecule has 1 heterocycles. The molecule has 2 fully saturated rings. The third kappa shape index (κ3) is 12.0. The van der Waals surface area contributed by atoms with Crippen LogP contribution in [0.3, 0.4) is 0 Å². The van der Waals surface area contributed by atoms with E-state index in [-0.39, 0.29) is 18.6 Å². The van der Waals surface area contributed by atoms with E-state index < -0.39 is 0 Å². The predicted octanol–water partition coefficient (Wildman–Crippen LogP) is 8.04. The van der Waals surface area contributed by atoms with E-state index in [0.29, 0.717) is 17.9 Å². The Morgan fingerprint density at radius 1 is 1.03 bits per heavy atom. The summed E-state index contributed by atoms with van der Waals surface area (Å²) in [4.78, 5) is 14.3. The highest BCUT2D eigenvalue weighted by Crippen LogP contribution is 2.33. The largest absolute Gasteiger partial charge is 0.369 e. The minimum absolute atomic E-state index is 0.0432. The highest BCUT2D eigenvalue weighted by atomic mass is 35.5.